The first-order chi connectivity index (χ1) is 12.9. The Hall–Kier alpha value is -2.28. The quantitative estimate of drug-likeness (QED) is 0.500. The van der Waals surface area contributed by atoms with Crippen LogP contribution in [-0.2, 0) is 13.0 Å². The molecule has 0 fully saturated rings. The van der Waals surface area contributed by atoms with Crippen LogP contribution in [-0.4, -0.2) is 21.6 Å². The fourth-order valence-electron chi connectivity index (χ4n) is 3.57. The summed E-state index contributed by atoms with van der Waals surface area (Å²) >= 11 is 3.50. The first kappa shape index (κ1) is 15.9. The first-order valence-electron chi connectivity index (χ1n) is 8.59. The number of hydrogen-bond donors (Lipinski definition) is 0. The average Bonchev–Trinajstić information content (AvgIpc) is 3.43. The predicted octanol–water partition coefficient (Wildman–Crippen LogP) is 5.01. The minimum Gasteiger partial charge on any atom is -0.338 e. The smallest absolute Gasteiger partial charge is 0.241 e. The highest BCUT2D eigenvalue weighted by atomic mass is 32.1. The molecule has 1 atom stereocenters. The Morgan fingerprint density at radius 1 is 1.12 bits per heavy atom. The fourth-order valence-corrected chi connectivity index (χ4v) is 5.10. The van der Waals surface area contributed by atoms with E-state index in [2.05, 4.69) is 56.8 Å². The van der Waals surface area contributed by atoms with Crippen LogP contribution in [0.1, 0.15) is 27.9 Å². The number of nitrogens with zero attached hydrogens (tertiary/aromatic N) is 3. The van der Waals surface area contributed by atoms with E-state index in [-0.39, 0.29) is 6.04 Å². The van der Waals surface area contributed by atoms with Gasteiger partial charge in [0.1, 0.15) is 0 Å². The second-order valence-electron chi connectivity index (χ2n) is 6.36. The molecule has 4 aromatic rings. The second-order valence-corrected chi connectivity index (χ2v) is 8.14. The first-order valence-corrected chi connectivity index (χ1v) is 10.4. The molecule has 26 heavy (non-hydrogen) atoms. The lowest BCUT2D eigenvalue weighted by atomic mass is 9.93. The standard InChI is InChI=1S/C20H17N3OS2/c1-2-4-14(5-3-1)19-16-8-11-26-17(16)6-9-23(19)12-18-21-20(22-24-18)15-7-10-25-13-15/h1-5,7-8,10-11,13,19H,6,9,12H2. The van der Waals surface area contributed by atoms with E-state index in [9.17, 15) is 0 Å². The van der Waals surface area contributed by atoms with Gasteiger partial charge in [-0.15, -0.1) is 11.3 Å². The molecule has 1 aromatic carbocycles. The maximum atomic E-state index is 5.55. The Balaban J connectivity index is 1.46. The molecule has 0 saturated carbocycles. The molecule has 0 amide bonds. The summed E-state index contributed by atoms with van der Waals surface area (Å²) in [6.45, 7) is 1.65. The molecule has 1 aliphatic rings. The number of aromatic nitrogens is 2. The summed E-state index contributed by atoms with van der Waals surface area (Å²) in [5, 5.41) is 10.4. The number of benzene rings is 1. The van der Waals surface area contributed by atoms with Gasteiger partial charge in [-0.1, -0.05) is 35.5 Å². The normalized spacial score (nSPS) is 17.3. The number of thiophene rings is 2. The Labute approximate surface area is 159 Å². The third-order valence-electron chi connectivity index (χ3n) is 4.77. The zero-order valence-electron chi connectivity index (χ0n) is 14.0. The number of fused-ring (bicyclic) bond motifs is 1. The van der Waals surface area contributed by atoms with Crippen LogP contribution in [0.15, 0.2) is 63.1 Å². The third kappa shape index (κ3) is 2.90. The Morgan fingerprint density at radius 2 is 2.04 bits per heavy atom. The van der Waals surface area contributed by atoms with Crippen molar-refractivity contribution in [3.63, 3.8) is 0 Å². The van der Waals surface area contributed by atoms with Gasteiger partial charge in [0, 0.05) is 22.4 Å². The van der Waals surface area contributed by atoms with Crippen molar-refractivity contribution < 1.29 is 4.52 Å². The lowest BCUT2D eigenvalue weighted by molar-refractivity contribution is 0.179. The van der Waals surface area contributed by atoms with Crippen molar-refractivity contribution in [2.45, 2.75) is 19.0 Å². The predicted molar refractivity (Wildman–Crippen MR) is 104 cm³/mol. The van der Waals surface area contributed by atoms with Crippen LogP contribution < -0.4 is 0 Å². The molecule has 4 nitrogen and oxygen atoms in total. The van der Waals surface area contributed by atoms with E-state index in [1.165, 1.54) is 16.0 Å². The molecule has 130 valence electrons. The average molecular weight is 380 g/mol. The van der Waals surface area contributed by atoms with Crippen LogP contribution >= 0.6 is 22.7 Å². The summed E-state index contributed by atoms with van der Waals surface area (Å²) in [6, 6.07) is 15.2. The zero-order chi connectivity index (χ0) is 17.3. The van der Waals surface area contributed by atoms with E-state index in [0.29, 0.717) is 18.3 Å². The van der Waals surface area contributed by atoms with Gasteiger partial charge >= 0.3 is 0 Å². The number of rotatable bonds is 4. The van der Waals surface area contributed by atoms with Crippen molar-refractivity contribution >= 4 is 22.7 Å². The van der Waals surface area contributed by atoms with Crippen LogP contribution in [0.5, 0.6) is 0 Å². The topological polar surface area (TPSA) is 42.2 Å². The monoisotopic (exact) mass is 379 g/mol. The lowest BCUT2D eigenvalue weighted by Crippen LogP contribution is -2.35. The largest absolute Gasteiger partial charge is 0.338 e. The second kappa shape index (κ2) is 6.79. The van der Waals surface area contributed by atoms with Gasteiger partial charge in [0.2, 0.25) is 11.7 Å². The van der Waals surface area contributed by atoms with Crippen LogP contribution in [0.3, 0.4) is 0 Å². The number of hydrogen-bond acceptors (Lipinski definition) is 6. The molecule has 0 radical (unpaired) electrons. The molecule has 1 aliphatic heterocycles. The van der Waals surface area contributed by atoms with Gasteiger partial charge in [-0.25, -0.2) is 0 Å². The summed E-state index contributed by atoms with van der Waals surface area (Å²) in [5.41, 5.74) is 3.73. The zero-order valence-corrected chi connectivity index (χ0v) is 15.7. The molecule has 0 bridgehead atoms. The maximum Gasteiger partial charge on any atom is 0.241 e. The minimum absolute atomic E-state index is 0.239. The minimum atomic E-state index is 0.239. The van der Waals surface area contributed by atoms with Gasteiger partial charge in [-0.3, -0.25) is 4.90 Å². The van der Waals surface area contributed by atoms with E-state index >= 15 is 0 Å². The van der Waals surface area contributed by atoms with Crippen molar-refractivity contribution in [2.24, 2.45) is 0 Å². The van der Waals surface area contributed by atoms with Crippen LogP contribution in [0.2, 0.25) is 0 Å². The lowest BCUT2D eigenvalue weighted by Gasteiger charge is -2.35. The Kier molecular flexibility index (Phi) is 4.16. The van der Waals surface area contributed by atoms with E-state index in [4.69, 9.17) is 4.52 Å². The van der Waals surface area contributed by atoms with Crippen molar-refractivity contribution in [2.75, 3.05) is 6.54 Å². The summed E-state index contributed by atoms with van der Waals surface area (Å²) in [6.07, 6.45) is 1.07. The van der Waals surface area contributed by atoms with E-state index in [1.807, 2.05) is 28.2 Å². The SMILES string of the molecule is c1ccc(C2c3ccsc3CCN2Cc2nc(-c3ccsc3)no2)cc1. The van der Waals surface area contributed by atoms with Crippen molar-refractivity contribution in [3.8, 4) is 11.4 Å². The van der Waals surface area contributed by atoms with Crippen LogP contribution in [0.25, 0.3) is 11.4 Å². The summed E-state index contributed by atoms with van der Waals surface area (Å²) in [5.74, 6) is 1.34. The van der Waals surface area contributed by atoms with Crippen LogP contribution in [0.4, 0.5) is 0 Å². The van der Waals surface area contributed by atoms with E-state index < -0.39 is 0 Å². The van der Waals surface area contributed by atoms with E-state index in [0.717, 1.165) is 18.5 Å². The molecule has 0 aliphatic carbocycles. The molecule has 3 aromatic heterocycles. The van der Waals surface area contributed by atoms with Crippen molar-refractivity contribution in [3.05, 3.63) is 80.5 Å². The molecular formula is C20H17N3OS2. The van der Waals surface area contributed by atoms with Crippen molar-refractivity contribution in [1.29, 1.82) is 0 Å². The maximum absolute atomic E-state index is 5.55. The molecule has 0 saturated heterocycles. The summed E-state index contributed by atoms with van der Waals surface area (Å²) in [4.78, 5) is 8.53. The fraction of sp³-hybridized carbons (Fsp3) is 0.200. The Bertz CT molecular complexity index is 991. The molecule has 0 N–H and O–H groups in total. The molecule has 1 unspecified atom stereocenters. The Morgan fingerprint density at radius 3 is 2.88 bits per heavy atom. The van der Waals surface area contributed by atoms with Gasteiger partial charge in [-0.2, -0.15) is 16.3 Å². The summed E-state index contributed by atoms with van der Waals surface area (Å²) < 4.78 is 5.55. The highest BCUT2D eigenvalue weighted by molar-refractivity contribution is 7.10. The third-order valence-corrected chi connectivity index (χ3v) is 6.45. The molecule has 4 heterocycles. The highest BCUT2D eigenvalue weighted by Gasteiger charge is 2.30. The summed E-state index contributed by atoms with van der Waals surface area (Å²) in [7, 11) is 0. The van der Waals surface area contributed by atoms with Gasteiger partial charge in [-0.05, 0) is 40.4 Å². The van der Waals surface area contributed by atoms with Gasteiger partial charge < -0.3 is 4.52 Å². The molecule has 6 heteroatoms. The van der Waals surface area contributed by atoms with Gasteiger partial charge in [0.25, 0.3) is 0 Å². The van der Waals surface area contributed by atoms with Gasteiger partial charge in [0.15, 0.2) is 0 Å². The van der Waals surface area contributed by atoms with E-state index in [1.54, 1.807) is 11.3 Å². The molecule has 5 rings (SSSR count). The molecule has 0 spiro atoms. The van der Waals surface area contributed by atoms with Gasteiger partial charge in [0.05, 0.1) is 12.6 Å². The highest BCUT2D eigenvalue weighted by Crippen LogP contribution is 2.38. The van der Waals surface area contributed by atoms with Crippen molar-refractivity contribution in [1.82, 2.24) is 15.0 Å². The molecular weight excluding hydrogens is 362 g/mol. The van der Waals surface area contributed by atoms with Crippen LogP contribution in [0, 0.1) is 0 Å².